The van der Waals surface area contributed by atoms with Gasteiger partial charge in [0.2, 0.25) is 0 Å². The number of carbonyl (C=O) groups is 1. The van der Waals surface area contributed by atoms with Gasteiger partial charge in [0.1, 0.15) is 12.7 Å². The van der Waals surface area contributed by atoms with Crippen LogP contribution in [0, 0.1) is 0 Å². The summed E-state index contributed by atoms with van der Waals surface area (Å²) < 4.78 is 1.83. The fourth-order valence-corrected chi connectivity index (χ4v) is 3.62. The number of anilines is 2. The molecule has 4 aromatic rings. The SMILES string of the molecule is CN(C)c1ccc(-c2ccccc2C(=O)Nc2ccc(CCCn3cncn3)cc2)cc1. The number of nitrogens with zero attached hydrogens (tertiary/aromatic N) is 4. The van der Waals surface area contributed by atoms with Gasteiger partial charge < -0.3 is 10.2 Å². The van der Waals surface area contributed by atoms with Crippen molar-refractivity contribution in [2.45, 2.75) is 19.4 Å². The molecule has 162 valence electrons. The third kappa shape index (κ3) is 5.21. The van der Waals surface area contributed by atoms with E-state index >= 15 is 0 Å². The first kappa shape index (κ1) is 21.3. The van der Waals surface area contributed by atoms with Crippen molar-refractivity contribution in [1.82, 2.24) is 14.8 Å². The average molecular weight is 426 g/mol. The van der Waals surface area contributed by atoms with Crippen LogP contribution in [-0.2, 0) is 13.0 Å². The lowest BCUT2D eigenvalue weighted by molar-refractivity contribution is 0.102. The quantitative estimate of drug-likeness (QED) is 0.436. The Labute approximate surface area is 188 Å². The van der Waals surface area contributed by atoms with E-state index in [1.54, 1.807) is 12.7 Å². The smallest absolute Gasteiger partial charge is 0.256 e. The second-order valence-corrected chi connectivity index (χ2v) is 7.90. The molecule has 0 saturated heterocycles. The van der Waals surface area contributed by atoms with Gasteiger partial charge in [-0.25, -0.2) is 4.98 Å². The standard InChI is InChI=1S/C26H27N5O/c1-30(2)23-15-11-21(12-16-23)24-7-3-4-8-25(24)26(32)29-22-13-9-20(10-14-22)6-5-17-31-19-27-18-28-31/h3-4,7-16,18-19H,5-6,17H2,1-2H3,(H,29,32). The highest BCUT2D eigenvalue weighted by Crippen LogP contribution is 2.26. The molecule has 0 aliphatic rings. The summed E-state index contributed by atoms with van der Waals surface area (Å²) in [6.45, 7) is 0.838. The Morgan fingerprint density at radius 1 is 0.969 bits per heavy atom. The van der Waals surface area contributed by atoms with Crippen LogP contribution < -0.4 is 10.2 Å². The molecule has 1 heterocycles. The van der Waals surface area contributed by atoms with E-state index in [4.69, 9.17) is 0 Å². The summed E-state index contributed by atoms with van der Waals surface area (Å²) in [5, 5.41) is 7.15. The minimum atomic E-state index is -0.115. The zero-order chi connectivity index (χ0) is 22.3. The fourth-order valence-electron chi connectivity index (χ4n) is 3.62. The second kappa shape index (κ2) is 9.92. The third-order valence-corrected chi connectivity index (χ3v) is 5.40. The molecule has 0 fully saturated rings. The number of benzene rings is 3. The summed E-state index contributed by atoms with van der Waals surface area (Å²) in [7, 11) is 4.03. The van der Waals surface area contributed by atoms with Crippen LogP contribution in [0.25, 0.3) is 11.1 Å². The maximum atomic E-state index is 13.0. The van der Waals surface area contributed by atoms with Crippen LogP contribution in [0.15, 0.2) is 85.5 Å². The van der Waals surface area contributed by atoms with Gasteiger partial charge in [0.15, 0.2) is 0 Å². The topological polar surface area (TPSA) is 63.1 Å². The molecule has 0 aliphatic heterocycles. The molecule has 6 heteroatoms. The van der Waals surface area contributed by atoms with E-state index in [-0.39, 0.29) is 5.91 Å². The molecule has 0 unspecified atom stereocenters. The van der Waals surface area contributed by atoms with Crippen molar-refractivity contribution in [2.24, 2.45) is 0 Å². The monoisotopic (exact) mass is 425 g/mol. The van der Waals surface area contributed by atoms with Crippen molar-refractivity contribution < 1.29 is 4.79 Å². The fraction of sp³-hybridized carbons (Fsp3) is 0.192. The lowest BCUT2D eigenvalue weighted by atomic mass is 9.98. The zero-order valence-corrected chi connectivity index (χ0v) is 18.4. The number of nitrogens with one attached hydrogen (secondary N) is 1. The lowest BCUT2D eigenvalue weighted by Crippen LogP contribution is -2.13. The van der Waals surface area contributed by atoms with E-state index in [0.717, 1.165) is 41.9 Å². The minimum Gasteiger partial charge on any atom is -0.378 e. The molecule has 0 radical (unpaired) electrons. The first-order chi connectivity index (χ1) is 15.6. The van der Waals surface area contributed by atoms with Crippen LogP contribution >= 0.6 is 0 Å². The maximum absolute atomic E-state index is 13.0. The van der Waals surface area contributed by atoms with E-state index in [0.29, 0.717) is 5.56 Å². The summed E-state index contributed by atoms with van der Waals surface area (Å²) in [5.74, 6) is -0.115. The van der Waals surface area contributed by atoms with E-state index in [9.17, 15) is 4.79 Å². The van der Waals surface area contributed by atoms with Crippen molar-refractivity contribution in [3.8, 4) is 11.1 Å². The summed E-state index contributed by atoms with van der Waals surface area (Å²) in [6, 6.07) is 24.0. The molecule has 1 amide bonds. The van der Waals surface area contributed by atoms with Crippen LogP contribution in [0.5, 0.6) is 0 Å². The van der Waals surface area contributed by atoms with E-state index in [1.807, 2.05) is 55.2 Å². The molecule has 0 saturated carbocycles. The molecule has 0 aliphatic carbocycles. The predicted molar refractivity (Wildman–Crippen MR) is 129 cm³/mol. The van der Waals surface area contributed by atoms with Crippen molar-refractivity contribution in [2.75, 3.05) is 24.3 Å². The summed E-state index contributed by atoms with van der Waals surface area (Å²) >= 11 is 0. The largest absolute Gasteiger partial charge is 0.378 e. The van der Waals surface area contributed by atoms with Gasteiger partial charge in [-0.3, -0.25) is 9.48 Å². The minimum absolute atomic E-state index is 0.115. The van der Waals surface area contributed by atoms with Gasteiger partial charge in [-0.1, -0.05) is 42.5 Å². The number of hydrogen-bond donors (Lipinski definition) is 1. The molecule has 0 atom stereocenters. The van der Waals surface area contributed by atoms with Gasteiger partial charge in [-0.2, -0.15) is 5.10 Å². The van der Waals surface area contributed by atoms with Crippen LogP contribution in [0.2, 0.25) is 0 Å². The highest BCUT2D eigenvalue weighted by molar-refractivity contribution is 6.08. The molecule has 4 rings (SSSR count). The molecule has 32 heavy (non-hydrogen) atoms. The van der Waals surface area contributed by atoms with Crippen molar-refractivity contribution in [3.63, 3.8) is 0 Å². The van der Waals surface area contributed by atoms with E-state index in [1.165, 1.54) is 5.56 Å². The molecule has 0 spiro atoms. The van der Waals surface area contributed by atoms with Crippen LogP contribution in [0.1, 0.15) is 22.3 Å². The molecule has 3 aromatic carbocycles. The Kier molecular flexibility index (Phi) is 6.60. The normalized spacial score (nSPS) is 10.7. The molecular weight excluding hydrogens is 398 g/mol. The summed E-state index contributed by atoms with van der Waals surface area (Å²) in [6.07, 6.45) is 5.20. The van der Waals surface area contributed by atoms with E-state index < -0.39 is 0 Å². The summed E-state index contributed by atoms with van der Waals surface area (Å²) in [5.41, 5.74) is 5.72. The Hall–Kier alpha value is -3.93. The second-order valence-electron chi connectivity index (χ2n) is 7.90. The van der Waals surface area contributed by atoms with Crippen LogP contribution in [0.4, 0.5) is 11.4 Å². The lowest BCUT2D eigenvalue weighted by Gasteiger charge is -2.14. The third-order valence-electron chi connectivity index (χ3n) is 5.40. The highest BCUT2D eigenvalue weighted by atomic mass is 16.1. The summed E-state index contributed by atoms with van der Waals surface area (Å²) in [4.78, 5) is 19.1. The average Bonchev–Trinajstić information content (AvgIpc) is 3.34. The van der Waals surface area contributed by atoms with Gasteiger partial charge in [-0.15, -0.1) is 0 Å². The number of aromatic nitrogens is 3. The number of hydrogen-bond acceptors (Lipinski definition) is 4. The van der Waals surface area contributed by atoms with Crippen LogP contribution in [-0.4, -0.2) is 34.8 Å². The van der Waals surface area contributed by atoms with E-state index in [2.05, 4.69) is 56.7 Å². The Balaban J connectivity index is 1.41. The molecule has 1 N–H and O–H groups in total. The number of aryl methyl sites for hydroxylation is 2. The first-order valence-electron chi connectivity index (χ1n) is 10.7. The molecular formula is C26H27N5O. The van der Waals surface area contributed by atoms with Gasteiger partial charge in [0.25, 0.3) is 5.91 Å². The Morgan fingerprint density at radius 2 is 1.72 bits per heavy atom. The maximum Gasteiger partial charge on any atom is 0.256 e. The zero-order valence-electron chi connectivity index (χ0n) is 18.4. The first-order valence-corrected chi connectivity index (χ1v) is 10.7. The van der Waals surface area contributed by atoms with Gasteiger partial charge in [0, 0.05) is 37.6 Å². The van der Waals surface area contributed by atoms with Crippen molar-refractivity contribution >= 4 is 17.3 Å². The Bertz CT molecular complexity index is 1150. The van der Waals surface area contributed by atoms with Gasteiger partial charge in [-0.05, 0) is 59.9 Å². The Morgan fingerprint density at radius 3 is 2.41 bits per heavy atom. The number of amides is 1. The molecule has 6 nitrogen and oxygen atoms in total. The van der Waals surface area contributed by atoms with Crippen LogP contribution in [0.3, 0.4) is 0 Å². The van der Waals surface area contributed by atoms with Gasteiger partial charge in [0.05, 0.1) is 0 Å². The van der Waals surface area contributed by atoms with Crippen molar-refractivity contribution in [1.29, 1.82) is 0 Å². The van der Waals surface area contributed by atoms with Crippen molar-refractivity contribution in [3.05, 3.63) is 96.6 Å². The number of carbonyl (C=O) groups excluding carboxylic acids is 1. The number of rotatable bonds is 8. The van der Waals surface area contributed by atoms with Gasteiger partial charge >= 0.3 is 0 Å². The molecule has 0 bridgehead atoms. The molecule has 1 aromatic heterocycles. The highest BCUT2D eigenvalue weighted by Gasteiger charge is 2.13. The predicted octanol–water partition coefficient (Wildman–Crippen LogP) is 4.90.